The van der Waals surface area contributed by atoms with Crippen LogP contribution in [0.15, 0.2) is 64.8 Å². The Balaban J connectivity index is 2.01. The first-order valence-electron chi connectivity index (χ1n) is 11.1. The normalized spacial score (nSPS) is 11.4. The van der Waals surface area contributed by atoms with E-state index in [1.807, 2.05) is 0 Å². The number of sulfone groups is 1. The van der Waals surface area contributed by atoms with Gasteiger partial charge in [0, 0.05) is 31.2 Å². The SMILES string of the molecule is CCCOC(=O)Nc1cc(S(=O)(=O)c2cc(F)ccc2F)c(F)c(-c2nn(C)cc2-c2ccncc2)c1F. The maximum absolute atomic E-state index is 16.0. The monoisotopic (exact) mass is 548 g/mol. The molecule has 0 aliphatic carbocycles. The Labute approximate surface area is 214 Å². The Morgan fingerprint density at radius 1 is 1.03 bits per heavy atom. The molecule has 2 aromatic heterocycles. The standard InChI is InChI=1S/C25H20F4N4O4S/c1-3-10-37-25(34)31-18-12-20(38(35,36)19-11-15(26)4-5-17(19)27)23(29)21(22(18)28)24-16(13-33(2)32-24)14-6-8-30-9-7-14/h4-9,11-13H,3,10H2,1-2H3,(H,31,34). The van der Waals surface area contributed by atoms with Crippen LogP contribution in [-0.2, 0) is 21.6 Å². The number of halogens is 4. The second kappa shape index (κ2) is 10.6. The van der Waals surface area contributed by atoms with Crippen LogP contribution in [0.25, 0.3) is 22.4 Å². The van der Waals surface area contributed by atoms with E-state index in [0.717, 1.165) is 0 Å². The molecule has 0 saturated heterocycles. The molecule has 4 rings (SSSR count). The third-order valence-electron chi connectivity index (χ3n) is 5.37. The third-order valence-corrected chi connectivity index (χ3v) is 7.14. The van der Waals surface area contributed by atoms with E-state index in [0.29, 0.717) is 36.2 Å². The summed E-state index contributed by atoms with van der Waals surface area (Å²) in [5.74, 6) is -5.43. The molecule has 1 N–H and O–H groups in total. The summed E-state index contributed by atoms with van der Waals surface area (Å²) in [6.07, 6.45) is 3.61. The number of pyridine rings is 1. The Hall–Kier alpha value is -4.26. The van der Waals surface area contributed by atoms with Crippen molar-refractivity contribution in [2.75, 3.05) is 11.9 Å². The molecule has 0 atom stereocenters. The summed E-state index contributed by atoms with van der Waals surface area (Å²) in [4.78, 5) is 13.7. The molecule has 1 amide bonds. The molecular formula is C25H20F4N4O4S. The molecule has 8 nitrogen and oxygen atoms in total. The molecule has 0 radical (unpaired) electrons. The van der Waals surface area contributed by atoms with E-state index in [1.54, 1.807) is 19.1 Å². The molecule has 0 saturated carbocycles. The molecule has 2 aromatic carbocycles. The summed E-state index contributed by atoms with van der Waals surface area (Å²) in [6, 6.07) is 5.19. The van der Waals surface area contributed by atoms with Crippen molar-refractivity contribution in [1.82, 2.24) is 14.8 Å². The minimum Gasteiger partial charge on any atom is -0.449 e. The molecule has 38 heavy (non-hydrogen) atoms. The van der Waals surface area contributed by atoms with Gasteiger partial charge >= 0.3 is 6.09 Å². The van der Waals surface area contributed by atoms with E-state index in [1.165, 1.54) is 30.3 Å². The maximum atomic E-state index is 16.0. The number of benzene rings is 2. The second-order valence-electron chi connectivity index (χ2n) is 8.07. The summed E-state index contributed by atoms with van der Waals surface area (Å²) < 4.78 is 93.0. The number of rotatable bonds is 7. The average molecular weight is 549 g/mol. The van der Waals surface area contributed by atoms with Crippen molar-refractivity contribution in [2.45, 2.75) is 23.1 Å². The van der Waals surface area contributed by atoms with E-state index in [-0.39, 0.29) is 17.9 Å². The highest BCUT2D eigenvalue weighted by Gasteiger charge is 2.33. The fourth-order valence-electron chi connectivity index (χ4n) is 3.66. The van der Waals surface area contributed by atoms with E-state index < -0.39 is 60.2 Å². The van der Waals surface area contributed by atoms with Gasteiger partial charge in [-0.1, -0.05) is 6.92 Å². The van der Waals surface area contributed by atoms with Gasteiger partial charge in [-0.3, -0.25) is 15.0 Å². The number of hydrogen-bond donors (Lipinski definition) is 1. The molecule has 2 heterocycles. The van der Waals surface area contributed by atoms with Crippen molar-refractivity contribution >= 4 is 21.6 Å². The summed E-state index contributed by atoms with van der Waals surface area (Å²) >= 11 is 0. The molecule has 0 unspecified atom stereocenters. The van der Waals surface area contributed by atoms with Gasteiger partial charge in [0.25, 0.3) is 0 Å². The molecular weight excluding hydrogens is 528 g/mol. The predicted octanol–water partition coefficient (Wildman–Crippen LogP) is 5.50. The highest BCUT2D eigenvalue weighted by atomic mass is 32.2. The second-order valence-corrected chi connectivity index (χ2v) is 9.95. The lowest BCUT2D eigenvalue weighted by Gasteiger charge is -2.15. The fourth-order valence-corrected chi connectivity index (χ4v) is 5.11. The lowest BCUT2D eigenvalue weighted by atomic mass is 10.0. The van der Waals surface area contributed by atoms with Crippen molar-refractivity contribution in [3.63, 3.8) is 0 Å². The first-order chi connectivity index (χ1) is 18.0. The summed E-state index contributed by atoms with van der Waals surface area (Å²) in [5, 5.41) is 6.18. The number of ether oxygens (including phenoxy) is 1. The molecule has 4 aromatic rings. The number of nitrogens with zero attached hydrogens (tertiary/aromatic N) is 3. The minimum absolute atomic E-state index is 0.0341. The topological polar surface area (TPSA) is 103 Å². The number of hydrogen-bond acceptors (Lipinski definition) is 6. The van der Waals surface area contributed by atoms with Crippen molar-refractivity contribution in [3.05, 3.63) is 78.3 Å². The zero-order valence-electron chi connectivity index (χ0n) is 20.0. The highest BCUT2D eigenvalue weighted by molar-refractivity contribution is 7.91. The van der Waals surface area contributed by atoms with E-state index >= 15 is 8.78 Å². The summed E-state index contributed by atoms with van der Waals surface area (Å²) in [5.41, 5.74) is -1.34. The maximum Gasteiger partial charge on any atom is 0.411 e. The van der Waals surface area contributed by atoms with E-state index in [4.69, 9.17) is 4.74 Å². The lowest BCUT2D eigenvalue weighted by molar-refractivity contribution is 0.161. The van der Waals surface area contributed by atoms with Gasteiger partial charge in [-0.05, 0) is 48.4 Å². The van der Waals surface area contributed by atoms with Gasteiger partial charge in [0.15, 0.2) is 11.6 Å². The lowest BCUT2D eigenvalue weighted by Crippen LogP contribution is -2.17. The molecule has 0 fully saturated rings. The number of aromatic nitrogens is 3. The molecule has 0 spiro atoms. The van der Waals surface area contributed by atoms with Crippen LogP contribution in [0.4, 0.5) is 28.0 Å². The zero-order valence-corrected chi connectivity index (χ0v) is 20.8. The van der Waals surface area contributed by atoms with Crippen molar-refractivity contribution < 1.29 is 35.5 Å². The Bertz CT molecular complexity index is 1630. The van der Waals surface area contributed by atoms with Gasteiger partial charge in [-0.25, -0.2) is 30.8 Å². The van der Waals surface area contributed by atoms with Crippen LogP contribution >= 0.6 is 0 Å². The van der Waals surface area contributed by atoms with Crippen LogP contribution < -0.4 is 5.32 Å². The van der Waals surface area contributed by atoms with Gasteiger partial charge in [0.05, 0.1) is 17.9 Å². The zero-order chi connectivity index (χ0) is 27.6. The highest BCUT2D eigenvalue weighted by Crippen LogP contribution is 2.40. The number of nitrogens with one attached hydrogen (secondary N) is 1. The third kappa shape index (κ3) is 5.09. The van der Waals surface area contributed by atoms with Crippen molar-refractivity contribution in [3.8, 4) is 22.4 Å². The molecule has 0 aliphatic rings. The smallest absolute Gasteiger partial charge is 0.411 e. The number of carbonyl (C=O) groups is 1. The average Bonchev–Trinajstić information content (AvgIpc) is 3.27. The largest absolute Gasteiger partial charge is 0.449 e. The molecule has 0 bridgehead atoms. The molecule has 13 heteroatoms. The van der Waals surface area contributed by atoms with Gasteiger partial charge in [0.1, 0.15) is 27.1 Å². The Morgan fingerprint density at radius 2 is 1.74 bits per heavy atom. The van der Waals surface area contributed by atoms with Crippen LogP contribution in [0.5, 0.6) is 0 Å². The van der Waals surface area contributed by atoms with Crippen LogP contribution in [0.2, 0.25) is 0 Å². The van der Waals surface area contributed by atoms with Crippen LogP contribution in [0, 0.1) is 23.3 Å². The van der Waals surface area contributed by atoms with Crippen LogP contribution in [-0.4, -0.2) is 35.9 Å². The van der Waals surface area contributed by atoms with Gasteiger partial charge in [-0.15, -0.1) is 0 Å². The number of aryl methyl sites for hydroxylation is 1. The van der Waals surface area contributed by atoms with Crippen LogP contribution in [0.1, 0.15) is 13.3 Å². The predicted molar refractivity (Wildman–Crippen MR) is 129 cm³/mol. The number of amides is 1. The Kier molecular flexibility index (Phi) is 7.49. The van der Waals surface area contributed by atoms with Crippen molar-refractivity contribution in [1.29, 1.82) is 0 Å². The Morgan fingerprint density at radius 3 is 2.42 bits per heavy atom. The molecule has 0 aliphatic heterocycles. The van der Waals surface area contributed by atoms with E-state index in [2.05, 4.69) is 15.4 Å². The van der Waals surface area contributed by atoms with Gasteiger partial charge < -0.3 is 4.74 Å². The quantitative estimate of drug-likeness (QED) is 0.242. The van der Waals surface area contributed by atoms with Crippen molar-refractivity contribution in [2.24, 2.45) is 7.05 Å². The van der Waals surface area contributed by atoms with Crippen LogP contribution in [0.3, 0.4) is 0 Å². The summed E-state index contributed by atoms with van der Waals surface area (Å²) in [6.45, 7) is 1.68. The number of carbonyl (C=O) groups excluding carboxylic acids is 1. The fraction of sp³-hybridized carbons (Fsp3) is 0.160. The van der Waals surface area contributed by atoms with E-state index in [9.17, 15) is 22.0 Å². The number of anilines is 1. The molecule has 198 valence electrons. The first kappa shape index (κ1) is 26.8. The summed E-state index contributed by atoms with van der Waals surface area (Å²) in [7, 11) is -3.63. The van der Waals surface area contributed by atoms with Gasteiger partial charge in [-0.2, -0.15) is 5.10 Å². The minimum atomic E-state index is -5.11. The van der Waals surface area contributed by atoms with Gasteiger partial charge in [0.2, 0.25) is 9.84 Å². The first-order valence-corrected chi connectivity index (χ1v) is 12.6.